The number of carboxylic acid groups (broad SMARTS) is 1. The van der Waals surface area contributed by atoms with Gasteiger partial charge in [0.15, 0.2) is 0 Å². The van der Waals surface area contributed by atoms with Crippen molar-refractivity contribution in [1.29, 1.82) is 0 Å². The summed E-state index contributed by atoms with van der Waals surface area (Å²) in [6, 6.07) is 7.73. The molecule has 6 heteroatoms. The zero-order chi connectivity index (χ0) is 15.0. The Morgan fingerprint density at radius 2 is 1.90 bits per heavy atom. The lowest BCUT2D eigenvalue weighted by atomic mass is 10.1. The van der Waals surface area contributed by atoms with Crippen LogP contribution in [0.3, 0.4) is 0 Å². The van der Waals surface area contributed by atoms with Crippen LogP contribution in [0, 0.1) is 0 Å². The molecule has 1 aromatic carbocycles. The fraction of sp³-hybridized carbons (Fsp3) is 0.357. The molecule has 1 N–H and O–H groups in total. The van der Waals surface area contributed by atoms with Crippen molar-refractivity contribution in [3.63, 3.8) is 0 Å². The van der Waals surface area contributed by atoms with Crippen LogP contribution >= 0.6 is 0 Å². The summed E-state index contributed by atoms with van der Waals surface area (Å²) >= 11 is 0. The smallest absolute Gasteiger partial charge is 0.305 e. The molecule has 0 spiro atoms. The van der Waals surface area contributed by atoms with E-state index in [1.54, 1.807) is 24.3 Å². The summed E-state index contributed by atoms with van der Waals surface area (Å²) in [6.07, 6.45) is -0.0842. The highest BCUT2D eigenvalue weighted by Crippen LogP contribution is 2.02. The maximum absolute atomic E-state index is 11.7. The van der Waals surface area contributed by atoms with E-state index in [1.807, 2.05) is 6.07 Å². The Kier molecular flexibility index (Phi) is 6.22. The summed E-state index contributed by atoms with van der Waals surface area (Å²) in [6.45, 7) is 0. The molecule has 0 heterocycles. The van der Waals surface area contributed by atoms with E-state index in [4.69, 9.17) is 0 Å². The number of esters is 1. The lowest BCUT2D eigenvalue weighted by Gasteiger charge is -2.19. The molecule has 0 bridgehead atoms. The summed E-state index contributed by atoms with van der Waals surface area (Å²) in [5.41, 5.74) is 0.773. The van der Waals surface area contributed by atoms with E-state index in [0.29, 0.717) is 0 Å². The molecule has 1 amide bonds. The van der Waals surface area contributed by atoms with Gasteiger partial charge in [-0.1, -0.05) is 30.3 Å². The first kappa shape index (κ1) is 15.7. The van der Waals surface area contributed by atoms with Gasteiger partial charge in [-0.3, -0.25) is 9.59 Å². The number of benzene rings is 1. The molecule has 108 valence electrons. The third-order valence-corrected chi connectivity index (χ3v) is 2.69. The second kappa shape index (κ2) is 7.93. The molecule has 20 heavy (non-hydrogen) atoms. The maximum Gasteiger partial charge on any atom is 0.305 e. The summed E-state index contributed by atoms with van der Waals surface area (Å²) in [5.74, 6) is -2.39. The Hall–Kier alpha value is -2.37. The van der Waals surface area contributed by atoms with Gasteiger partial charge in [0.25, 0.3) is 0 Å². The van der Waals surface area contributed by atoms with E-state index in [0.717, 1.165) is 5.56 Å². The van der Waals surface area contributed by atoms with Crippen LogP contribution in [0.5, 0.6) is 0 Å². The van der Waals surface area contributed by atoms with Crippen LogP contribution in [0.25, 0.3) is 0 Å². The van der Waals surface area contributed by atoms with Crippen molar-refractivity contribution in [1.82, 2.24) is 5.32 Å². The number of hydrogen-bond acceptors (Lipinski definition) is 5. The molecule has 0 aliphatic heterocycles. The van der Waals surface area contributed by atoms with Gasteiger partial charge in [-0.15, -0.1) is 0 Å². The van der Waals surface area contributed by atoms with Gasteiger partial charge in [0.2, 0.25) is 5.91 Å². The van der Waals surface area contributed by atoms with E-state index in [9.17, 15) is 19.5 Å². The molecule has 0 saturated heterocycles. The molecule has 0 aliphatic carbocycles. The number of carboxylic acids is 1. The van der Waals surface area contributed by atoms with Crippen molar-refractivity contribution in [2.45, 2.75) is 25.3 Å². The lowest BCUT2D eigenvalue weighted by molar-refractivity contribution is -0.308. The van der Waals surface area contributed by atoms with Crippen molar-refractivity contribution >= 4 is 17.8 Å². The summed E-state index contributed by atoms with van der Waals surface area (Å²) in [7, 11) is 1.21. The molecule has 0 fully saturated rings. The normalized spacial score (nSPS) is 11.4. The average molecular weight is 278 g/mol. The highest BCUT2D eigenvalue weighted by molar-refractivity contribution is 5.84. The summed E-state index contributed by atoms with van der Waals surface area (Å²) in [5, 5.41) is 13.2. The molecule has 1 aromatic rings. The van der Waals surface area contributed by atoms with Crippen molar-refractivity contribution in [3.8, 4) is 0 Å². The minimum atomic E-state index is -1.42. The Bertz CT molecular complexity index is 472. The first-order valence-corrected chi connectivity index (χ1v) is 6.14. The number of ether oxygens (including phenoxy) is 1. The summed E-state index contributed by atoms with van der Waals surface area (Å²) < 4.78 is 4.42. The minimum Gasteiger partial charge on any atom is -0.548 e. The molecular weight excluding hydrogens is 262 g/mol. The van der Waals surface area contributed by atoms with Gasteiger partial charge in [-0.25, -0.2) is 0 Å². The van der Waals surface area contributed by atoms with Crippen LogP contribution in [0.2, 0.25) is 0 Å². The Morgan fingerprint density at radius 3 is 2.45 bits per heavy atom. The van der Waals surface area contributed by atoms with Gasteiger partial charge in [-0.2, -0.15) is 0 Å². The van der Waals surface area contributed by atoms with Crippen molar-refractivity contribution in [2.75, 3.05) is 7.11 Å². The van der Waals surface area contributed by atoms with Crippen molar-refractivity contribution in [2.24, 2.45) is 0 Å². The molecule has 1 atom stereocenters. The standard InChI is InChI=1S/C14H17NO5/c1-20-13(17)8-7-11(14(18)19)15-12(16)9-10-5-3-2-4-6-10/h2-6,11H,7-9H2,1H3,(H,15,16)(H,18,19)/p-1/t11-/m0/s1. The molecule has 0 unspecified atom stereocenters. The van der Waals surface area contributed by atoms with Crippen molar-refractivity contribution < 1.29 is 24.2 Å². The van der Waals surface area contributed by atoms with Crippen LogP contribution in [-0.2, 0) is 25.5 Å². The number of amides is 1. The fourth-order valence-corrected chi connectivity index (χ4v) is 1.64. The molecule has 0 saturated carbocycles. The van der Waals surface area contributed by atoms with E-state index in [1.165, 1.54) is 7.11 Å². The zero-order valence-corrected chi connectivity index (χ0v) is 11.1. The van der Waals surface area contributed by atoms with E-state index in [-0.39, 0.29) is 19.3 Å². The molecule has 1 rings (SSSR count). The van der Waals surface area contributed by atoms with E-state index in [2.05, 4.69) is 10.1 Å². The number of nitrogens with one attached hydrogen (secondary N) is 1. The number of carbonyl (C=O) groups excluding carboxylic acids is 3. The predicted octanol–water partition coefficient (Wildman–Crippen LogP) is -0.583. The highest BCUT2D eigenvalue weighted by Gasteiger charge is 2.15. The van der Waals surface area contributed by atoms with Crippen LogP contribution in [0.1, 0.15) is 18.4 Å². The van der Waals surface area contributed by atoms with E-state index >= 15 is 0 Å². The number of aliphatic carboxylic acids is 1. The third kappa shape index (κ3) is 5.51. The van der Waals surface area contributed by atoms with E-state index < -0.39 is 23.9 Å². The van der Waals surface area contributed by atoms with Gasteiger partial charge in [0.05, 0.1) is 25.5 Å². The quantitative estimate of drug-likeness (QED) is 0.673. The number of methoxy groups -OCH3 is 1. The maximum atomic E-state index is 11.7. The van der Waals surface area contributed by atoms with Crippen molar-refractivity contribution in [3.05, 3.63) is 35.9 Å². The third-order valence-electron chi connectivity index (χ3n) is 2.69. The average Bonchev–Trinajstić information content (AvgIpc) is 2.43. The zero-order valence-electron chi connectivity index (χ0n) is 11.1. The molecule has 0 aliphatic rings. The SMILES string of the molecule is COC(=O)CC[C@H](NC(=O)Cc1ccccc1)C(=O)[O-]. The first-order chi connectivity index (χ1) is 9.52. The van der Waals surface area contributed by atoms with Crippen LogP contribution in [-0.4, -0.2) is 31.0 Å². The molecule has 0 radical (unpaired) electrons. The second-order valence-electron chi connectivity index (χ2n) is 4.22. The van der Waals surface area contributed by atoms with Crippen LogP contribution < -0.4 is 10.4 Å². The highest BCUT2D eigenvalue weighted by atomic mass is 16.5. The van der Waals surface area contributed by atoms with Gasteiger partial charge in [0, 0.05) is 6.42 Å². The second-order valence-corrected chi connectivity index (χ2v) is 4.22. The Labute approximate surface area is 116 Å². The monoisotopic (exact) mass is 278 g/mol. The number of carbonyl (C=O) groups is 3. The topological polar surface area (TPSA) is 95.5 Å². The molecule has 0 aromatic heterocycles. The largest absolute Gasteiger partial charge is 0.548 e. The number of hydrogen-bond donors (Lipinski definition) is 1. The first-order valence-electron chi connectivity index (χ1n) is 6.14. The fourth-order valence-electron chi connectivity index (χ4n) is 1.64. The van der Waals surface area contributed by atoms with Gasteiger partial charge in [-0.05, 0) is 12.0 Å². The van der Waals surface area contributed by atoms with Crippen LogP contribution in [0.15, 0.2) is 30.3 Å². The predicted molar refractivity (Wildman–Crippen MR) is 68.3 cm³/mol. The Balaban J connectivity index is 2.50. The summed E-state index contributed by atoms with van der Waals surface area (Å²) in [4.78, 5) is 33.6. The minimum absolute atomic E-state index is 0.0600. The number of rotatable bonds is 7. The van der Waals surface area contributed by atoms with Gasteiger partial charge < -0.3 is 20.0 Å². The van der Waals surface area contributed by atoms with Gasteiger partial charge >= 0.3 is 5.97 Å². The van der Waals surface area contributed by atoms with Gasteiger partial charge in [0.1, 0.15) is 0 Å². The Morgan fingerprint density at radius 1 is 1.25 bits per heavy atom. The molecular formula is C14H16NO5-. The van der Waals surface area contributed by atoms with Crippen LogP contribution in [0.4, 0.5) is 0 Å². The molecule has 6 nitrogen and oxygen atoms in total. The lowest BCUT2D eigenvalue weighted by Crippen LogP contribution is -2.48.